The summed E-state index contributed by atoms with van der Waals surface area (Å²) >= 11 is 0. The van der Waals surface area contributed by atoms with Gasteiger partial charge < -0.3 is 0 Å². The smallest absolute Gasteiger partial charge is 0.0165 e. The standard InChI is InChI=1S/C23H18/c1-23(2)20-12-6-9-16-8-5-11-18(21(16)20)19-14-13-15-7-3-4-10-17(15)22(19)23/h3-14H,1-2H3. The highest BCUT2D eigenvalue weighted by atomic mass is 14.4. The highest BCUT2D eigenvalue weighted by molar-refractivity contribution is 6.07. The zero-order chi connectivity index (χ0) is 15.6. The van der Waals surface area contributed by atoms with E-state index < -0.39 is 0 Å². The lowest BCUT2D eigenvalue weighted by Gasteiger charge is -2.36. The maximum atomic E-state index is 2.36. The first-order valence-corrected chi connectivity index (χ1v) is 8.23. The number of benzene rings is 4. The average Bonchev–Trinajstić information content (AvgIpc) is 2.59. The summed E-state index contributed by atoms with van der Waals surface area (Å²) < 4.78 is 0. The van der Waals surface area contributed by atoms with Crippen LogP contribution in [0.5, 0.6) is 0 Å². The fraction of sp³-hybridized carbons (Fsp3) is 0.130. The molecule has 0 spiro atoms. The van der Waals surface area contributed by atoms with E-state index in [9.17, 15) is 0 Å². The van der Waals surface area contributed by atoms with Crippen LogP contribution >= 0.6 is 0 Å². The Bertz CT molecular complexity index is 1080. The molecule has 0 nitrogen and oxygen atoms in total. The first kappa shape index (κ1) is 12.9. The van der Waals surface area contributed by atoms with E-state index in [1.54, 1.807) is 0 Å². The van der Waals surface area contributed by atoms with Crippen LogP contribution in [0.4, 0.5) is 0 Å². The van der Waals surface area contributed by atoms with Crippen molar-refractivity contribution in [2.45, 2.75) is 19.3 Å². The van der Waals surface area contributed by atoms with Gasteiger partial charge in [0.05, 0.1) is 0 Å². The molecule has 5 rings (SSSR count). The van der Waals surface area contributed by atoms with Crippen molar-refractivity contribution in [1.29, 1.82) is 0 Å². The van der Waals surface area contributed by atoms with Gasteiger partial charge in [-0.3, -0.25) is 0 Å². The van der Waals surface area contributed by atoms with Crippen LogP contribution in [0.1, 0.15) is 25.0 Å². The Morgan fingerprint density at radius 2 is 1.35 bits per heavy atom. The molecular formula is C23H18. The minimum Gasteiger partial charge on any atom is -0.0616 e. The minimum atomic E-state index is 0.00403. The summed E-state index contributed by atoms with van der Waals surface area (Å²) in [5, 5.41) is 5.46. The number of hydrogen-bond donors (Lipinski definition) is 0. The minimum absolute atomic E-state index is 0.00403. The van der Waals surface area contributed by atoms with Crippen LogP contribution in [0, 0.1) is 0 Å². The molecule has 0 heterocycles. The molecule has 4 aromatic rings. The van der Waals surface area contributed by atoms with Crippen molar-refractivity contribution in [3.8, 4) is 11.1 Å². The van der Waals surface area contributed by atoms with Crippen LogP contribution in [0.15, 0.2) is 72.8 Å². The molecule has 0 amide bonds. The van der Waals surface area contributed by atoms with Gasteiger partial charge in [-0.15, -0.1) is 0 Å². The van der Waals surface area contributed by atoms with Gasteiger partial charge in [0.15, 0.2) is 0 Å². The zero-order valence-electron chi connectivity index (χ0n) is 13.4. The van der Waals surface area contributed by atoms with Crippen molar-refractivity contribution in [2.24, 2.45) is 0 Å². The van der Waals surface area contributed by atoms with E-state index in [4.69, 9.17) is 0 Å². The molecule has 0 aromatic heterocycles. The lowest BCUT2D eigenvalue weighted by atomic mass is 9.67. The van der Waals surface area contributed by atoms with E-state index in [1.165, 1.54) is 43.8 Å². The molecule has 0 bridgehead atoms. The quantitative estimate of drug-likeness (QED) is 0.357. The summed E-state index contributed by atoms with van der Waals surface area (Å²) in [4.78, 5) is 0. The highest BCUT2D eigenvalue weighted by Crippen LogP contribution is 2.50. The Labute approximate surface area is 136 Å². The number of hydrogen-bond acceptors (Lipinski definition) is 0. The molecule has 1 aliphatic carbocycles. The third-order valence-electron chi connectivity index (χ3n) is 5.42. The van der Waals surface area contributed by atoms with Gasteiger partial charge in [0.1, 0.15) is 0 Å². The molecule has 0 N–H and O–H groups in total. The summed E-state index contributed by atoms with van der Waals surface area (Å²) in [5.41, 5.74) is 5.66. The Hall–Kier alpha value is -2.60. The first-order valence-electron chi connectivity index (χ1n) is 8.23. The molecule has 0 saturated heterocycles. The van der Waals surface area contributed by atoms with Crippen molar-refractivity contribution >= 4 is 21.5 Å². The van der Waals surface area contributed by atoms with Gasteiger partial charge in [-0.05, 0) is 43.8 Å². The van der Waals surface area contributed by atoms with Gasteiger partial charge in [0.25, 0.3) is 0 Å². The molecule has 0 aliphatic heterocycles. The van der Waals surface area contributed by atoms with E-state index >= 15 is 0 Å². The van der Waals surface area contributed by atoms with Crippen LogP contribution in [-0.2, 0) is 5.41 Å². The summed E-state index contributed by atoms with van der Waals surface area (Å²) in [6.07, 6.45) is 0. The van der Waals surface area contributed by atoms with Crippen molar-refractivity contribution in [3.63, 3.8) is 0 Å². The summed E-state index contributed by atoms with van der Waals surface area (Å²) in [6.45, 7) is 4.73. The molecule has 0 heteroatoms. The molecule has 0 unspecified atom stereocenters. The van der Waals surface area contributed by atoms with Gasteiger partial charge >= 0.3 is 0 Å². The summed E-state index contributed by atoms with van der Waals surface area (Å²) in [6, 6.07) is 26.7. The highest BCUT2D eigenvalue weighted by Gasteiger charge is 2.34. The van der Waals surface area contributed by atoms with E-state index in [1.807, 2.05) is 0 Å². The summed E-state index contributed by atoms with van der Waals surface area (Å²) in [5.74, 6) is 0. The second-order valence-corrected chi connectivity index (χ2v) is 7.04. The van der Waals surface area contributed by atoms with Gasteiger partial charge in [-0.1, -0.05) is 86.6 Å². The van der Waals surface area contributed by atoms with Gasteiger partial charge in [-0.25, -0.2) is 0 Å². The maximum Gasteiger partial charge on any atom is 0.0165 e. The Balaban J connectivity index is 2.07. The second kappa shape index (κ2) is 4.23. The maximum absolute atomic E-state index is 2.36. The number of rotatable bonds is 0. The lowest BCUT2D eigenvalue weighted by Crippen LogP contribution is -2.24. The largest absolute Gasteiger partial charge is 0.0616 e. The average molecular weight is 294 g/mol. The third-order valence-corrected chi connectivity index (χ3v) is 5.42. The topological polar surface area (TPSA) is 0 Å². The Morgan fingerprint density at radius 1 is 0.609 bits per heavy atom. The SMILES string of the molecule is CC1(C)c2c(ccc3ccccc23)-c2cccc3cccc1c23. The molecule has 1 aliphatic rings. The van der Waals surface area contributed by atoms with Crippen LogP contribution < -0.4 is 0 Å². The molecular weight excluding hydrogens is 276 g/mol. The Kier molecular flexibility index (Phi) is 2.37. The molecule has 0 saturated carbocycles. The Morgan fingerprint density at radius 3 is 2.22 bits per heavy atom. The lowest BCUT2D eigenvalue weighted by molar-refractivity contribution is 0.651. The molecule has 0 atom stereocenters. The van der Waals surface area contributed by atoms with Crippen LogP contribution in [0.3, 0.4) is 0 Å². The molecule has 0 fully saturated rings. The molecule has 23 heavy (non-hydrogen) atoms. The molecule has 4 aromatic carbocycles. The van der Waals surface area contributed by atoms with Crippen molar-refractivity contribution < 1.29 is 0 Å². The molecule has 110 valence electrons. The fourth-order valence-corrected chi connectivity index (χ4v) is 4.39. The van der Waals surface area contributed by atoms with E-state index in [-0.39, 0.29) is 5.41 Å². The van der Waals surface area contributed by atoms with Crippen molar-refractivity contribution in [3.05, 3.63) is 83.9 Å². The zero-order valence-corrected chi connectivity index (χ0v) is 13.4. The van der Waals surface area contributed by atoms with Crippen LogP contribution in [0.2, 0.25) is 0 Å². The normalized spacial score (nSPS) is 14.9. The second-order valence-electron chi connectivity index (χ2n) is 7.04. The summed E-state index contributed by atoms with van der Waals surface area (Å²) in [7, 11) is 0. The van der Waals surface area contributed by atoms with E-state index in [0.29, 0.717) is 0 Å². The van der Waals surface area contributed by atoms with E-state index in [0.717, 1.165) is 0 Å². The third kappa shape index (κ3) is 1.56. The van der Waals surface area contributed by atoms with Crippen molar-refractivity contribution in [1.82, 2.24) is 0 Å². The van der Waals surface area contributed by atoms with Crippen LogP contribution in [0.25, 0.3) is 32.7 Å². The first-order chi connectivity index (χ1) is 11.2. The van der Waals surface area contributed by atoms with Crippen molar-refractivity contribution in [2.75, 3.05) is 0 Å². The predicted octanol–water partition coefficient (Wildman–Crippen LogP) is 6.30. The van der Waals surface area contributed by atoms with E-state index in [2.05, 4.69) is 86.6 Å². The van der Waals surface area contributed by atoms with Gasteiger partial charge in [-0.2, -0.15) is 0 Å². The predicted molar refractivity (Wildman–Crippen MR) is 99.0 cm³/mol. The fourth-order valence-electron chi connectivity index (χ4n) is 4.39. The van der Waals surface area contributed by atoms with Gasteiger partial charge in [0, 0.05) is 5.41 Å². The van der Waals surface area contributed by atoms with Crippen LogP contribution in [-0.4, -0.2) is 0 Å². The molecule has 0 radical (unpaired) electrons. The van der Waals surface area contributed by atoms with Gasteiger partial charge in [0.2, 0.25) is 0 Å². The monoisotopic (exact) mass is 294 g/mol. The number of fused-ring (bicyclic) bond motifs is 4.